The molecule has 1 fully saturated rings. The second-order valence-electron chi connectivity index (χ2n) is 6.55. The first-order valence-corrected chi connectivity index (χ1v) is 9.04. The minimum atomic E-state index is -0.513. The van der Waals surface area contributed by atoms with Crippen molar-refractivity contribution in [3.05, 3.63) is 35.9 Å². The number of nitrogens with zero attached hydrogens (tertiary/aromatic N) is 2. The molecule has 2 N–H and O–H groups in total. The summed E-state index contributed by atoms with van der Waals surface area (Å²) in [6.07, 6.45) is 2.59. The second-order valence-corrected chi connectivity index (χ2v) is 6.55. The van der Waals surface area contributed by atoms with E-state index in [1.807, 2.05) is 42.2 Å². The number of rotatable bonds is 6. The second kappa shape index (κ2) is 9.42. The standard InChI is InChI=1S/C19H29N3O3/c1-3-21(19(24)25-14-16-9-5-4-6-10-16)13-17-11-7-8-12-22(17)18(23)15(2)20/h4-6,9-10,15,17H,3,7-8,11-14,20H2,1-2H3. The summed E-state index contributed by atoms with van der Waals surface area (Å²) in [6, 6.07) is 9.11. The fraction of sp³-hybridized carbons (Fsp3) is 0.579. The molecule has 0 saturated carbocycles. The maximum Gasteiger partial charge on any atom is 0.410 e. The lowest BCUT2D eigenvalue weighted by Crippen LogP contribution is -2.54. The van der Waals surface area contributed by atoms with E-state index in [1.54, 1.807) is 11.8 Å². The van der Waals surface area contributed by atoms with E-state index >= 15 is 0 Å². The highest BCUT2D eigenvalue weighted by Gasteiger charge is 2.30. The first kappa shape index (κ1) is 19.2. The van der Waals surface area contributed by atoms with E-state index in [0.29, 0.717) is 19.6 Å². The van der Waals surface area contributed by atoms with Crippen LogP contribution in [-0.4, -0.2) is 53.5 Å². The summed E-state index contributed by atoms with van der Waals surface area (Å²) in [5.41, 5.74) is 6.72. The maximum atomic E-state index is 12.4. The molecule has 0 spiro atoms. The number of hydrogen-bond acceptors (Lipinski definition) is 4. The Balaban J connectivity index is 1.94. The van der Waals surface area contributed by atoms with Crippen molar-refractivity contribution in [2.45, 2.75) is 51.8 Å². The predicted molar refractivity (Wildman–Crippen MR) is 96.9 cm³/mol. The molecule has 2 unspecified atom stereocenters. The largest absolute Gasteiger partial charge is 0.445 e. The minimum absolute atomic E-state index is 0.0106. The van der Waals surface area contributed by atoms with Gasteiger partial charge in [0.15, 0.2) is 0 Å². The molecule has 0 bridgehead atoms. The number of likely N-dealkylation sites (N-methyl/N-ethyl adjacent to an activating group) is 1. The summed E-state index contributed by atoms with van der Waals surface area (Å²) in [6.45, 7) is 5.63. The van der Waals surface area contributed by atoms with Crippen LogP contribution < -0.4 is 5.73 Å². The van der Waals surface area contributed by atoms with Crippen molar-refractivity contribution in [2.75, 3.05) is 19.6 Å². The van der Waals surface area contributed by atoms with E-state index in [9.17, 15) is 9.59 Å². The summed E-state index contributed by atoms with van der Waals surface area (Å²) < 4.78 is 5.42. The third kappa shape index (κ3) is 5.46. The molecule has 2 rings (SSSR count). The smallest absolute Gasteiger partial charge is 0.410 e. The highest BCUT2D eigenvalue weighted by Crippen LogP contribution is 2.19. The van der Waals surface area contributed by atoms with Crippen molar-refractivity contribution >= 4 is 12.0 Å². The molecular formula is C19H29N3O3. The Labute approximate surface area is 149 Å². The van der Waals surface area contributed by atoms with Gasteiger partial charge in [0, 0.05) is 25.7 Å². The molecular weight excluding hydrogens is 318 g/mol. The molecule has 1 aliphatic heterocycles. The van der Waals surface area contributed by atoms with E-state index in [0.717, 1.165) is 24.8 Å². The van der Waals surface area contributed by atoms with E-state index in [4.69, 9.17) is 10.5 Å². The normalized spacial score (nSPS) is 18.5. The number of carbonyl (C=O) groups is 2. The van der Waals surface area contributed by atoms with E-state index in [1.165, 1.54) is 0 Å². The molecule has 0 aromatic heterocycles. The lowest BCUT2D eigenvalue weighted by Gasteiger charge is -2.39. The van der Waals surface area contributed by atoms with Gasteiger partial charge in [0.1, 0.15) is 6.61 Å². The number of carbonyl (C=O) groups excluding carboxylic acids is 2. The molecule has 6 heteroatoms. The quantitative estimate of drug-likeness (QED) is 0.857. The Bertz CT molecular complexity index is 562. The number of amides is 2. The van der Waals surface area contributed by atoms with Gasteiger partial charge in [-0.25, -0.2) is 4.79 Å². The number of likely N-dealkylation sites (tertiary alicyclic amines) is 1. The van der Waals surface area contributed by atoms with Crippen molar-refractivity contribution in [3.8, 4) is 0 Å². The van der Waals surface area contributed by atoms with Gasteiger partial charge in [0.05, 0.1) is 6.04 Å². The van der Waals surface area contributed by atoms with Gasteiger partial charge >= 0.3 is 6.09 Å². The van der Waals surface area contributed by atoms with Gasteiger partial charge in [-0.2, -0.15) is 0 Å². The monoisotopic (exact) mass is 347 g/mol. The van der Waals surface area contributed by atoms with Gasteiger partial charge in [-0.05, 0) is 38.7 Å². The van der Waals surface area contributed by atoms with Crippen molar-refractivity contribution in [3.63, 3.8) is 0 Å². The maximum absolute atomic E-state index is 12.4. The van der Waals surface area contributed by atoms with Gasteiger partial charge < -0.3 is 20.3 Å². The van der Waals surface area contributed by atoms with Gasteiger partial charge in [-0.15, -0.1) is 0 Å². The summed E-state index contributed by atoms with van der Waals surface area (Å²) >= 11 is 0. The van der Waals surface area contributed by atoms with Crippen molar-refractivity contribution < 1.29 is 14.3 Å². The number of nitrogens with two attached hydrogens (primary N) is 1. The molecule has 2 atom stereocenters. The summed E-state index contributed by atoms with van der Waals surface area (Å²) in [5.74, 6) is -0.0431. The Morgan fingerprint density at radius 3 is 2.68 bits per heavy atom. The van der Waals surface area contributed by atoms with Crippen molar-refractivity contribution in [1.82, 2.24) is 9.80 Å². The Kier molecular flexibility index (Phi) is 7.25. The van der Waals surface area contributed by atoms with Crippen LogP contribution >= 0.6 is 0 Å². The zero-order valence-electron chi connectivity index (χ0n) is 15.2. The van der Waals surface area contributed by atoms with E-state index in [-0.39, 0.29) is 24.6 Å². The van der Waals surface area contributed by atoms with Gasteiger partial charge in [-0.1, -0.05) is 30.3 Å². The van der Waals surface area contributed by atoms with Crippen LogP contribution in [0.25, 0.3) is 0 Å². The van der Waals surface area contributed by atoms with Gasteiger partial charge in [0.2, 0.25) is 5.91 Å². The average molecular weight is 347 g/mol. The highest BCUT2D eigenvalue weighted by molar-refractivity contribution is 5.81. The van der Waals surface area contributed by atoms with Crippen LogP contribution in [0.15, 0.2) is 30.3 Å². The summed E-state index contributed by atoms with van der Waals surface area (Å²) in [7, 11) is 0. The molecule has 2 amide bonds. The number of hydrogen-bond donors (Lipinski definition) is 1. The van der Waals surface area contributed by atoms with E-state index in [2.05, 4.69) is 0 Å². The molecule has 1 aromatic rings. The highest BCUT2D eigenvalue weighted by atomic mass is 16.6. The molecule has 0 aliphatic carbocycles. The number of piperidine rings is 1. The Morgan fingerprint density at radius 2 is 2.04 bits per heavy atom. The number of ether oxygens (including phenoxy) is 1. The zero-order valence-corrected chi connectivity index (χ0v) is 15.2. The molecule has 6 nitrogen and oxygen atoms in total. The third-order valence-electron chi connectivity index (χ3n) is 4.58. The lowest BCUT2D eigenvalue weighted by molar-refractivity contribution is -0.136. The van der Waals surface area contributed by atoms with Crippen LogP contribution in [0.5, 0.6) is 0 Å². The molecule has 25 heavy (non-hydrogen) atoms. The van der Waals surface area contributed by atoms with Crippen LogP contribution in [-0.2, 0) is 16.1 Å². The first-order valence-electron chi connectivity index (χ1n) is 9.04. The predicted octanol–water partition coefficient (Wildman–Crippen LogP) is 2.37. The fourth-order valence-corrected chi connectivity index (χ4v) is 3.14. The van der Waals surface area contributed by atoms with Crippen LogP contribution in [0.1, 0.15) is 38.7 Å². The molecule has 0 radical (unpaired) electrons. The topological polar surface area (TPSA) is 75.9 Å². The fourth-order valence-electron chi connectivity index (χ4n) is 3.14. The first-order chi connectivity index (χ1) is 12.0. The lowest BCUT2D eigenvalue weighted by atomic mass is 10.0. The summed E-state index contributed by atoms with van der Waals surface area (Å²) in [4.78, 5) is 28.2. The minimum Gasteiger partial charge on any atom is -0.445 e. The molecule has 1 aromatic carbocycles. The molecule has 1 heterocycles. The Morgan fingerprint density at radius 1 is 1.32 bits per heavy atom. The van der Waals surface area contributed by atoms with Gasteiger partial charge in [-0.3, -0.25) is 4.79 Å². The number of benzene rings is 1. The van der Waals surface area contributed by atoms with Crippen LogP contribution in [0.4, 0.5) is 4.79 Å². The molecule has 138 valence electrons. The molecule has 1 saturated heterocycles. The third-order valence-corrected chi connectivity index (χ3v) is 4.58. The summed E-state index contributed by atoms with van der Waals surface area (Å²) in [5, 5.41) is 0. The SMILES string of the molecule is CCN(CC1CCCCN1C(=O)C(C)N)C(=O)OCc1ccccc1. The van der Waals surface area contributed by atoms with Crippen LogP contribution in [0.3, 0.4) is 0 Å². The van der Waals surface area contributed by atoms with E-state index < -0.39 is 6.04 Å². The average Bonchev–Trinajstić information content (AvgIpc) is 2.64. The zero-order chi connectivity index (χ0) is 18.2. The molecule has 1 aliphatic rings. The Hall–Kier alpha value is -2.08. The van der Waals surface area contributed by atoms with Crippen LogP contribution in [0, 0.1) is 0 Å². The van der Waals surface area contributed by atoms with Crippen molar-refractivity contribution in [1.29, 1.82) is 0 Å². The van der Waals surface area contributed by atoms with Crippen LogP contribution in [0.2, 0.25) is 0 Å². The van der Waals surface area contributed by atoms with Crippen molar-refractivity contribution in [2.24, 2.45) is 5.73 Å². The van der Waals surface area contributed by atoms with Gasteiger partial charge in [0.25, 0.3) is 0 Å².